The molecule has 2 heteroatoms. The van der Waals surface area contributed by atoms with E-state index in [4.69, 9.17) is 11.6 Å². The van der Waals surface area contributed by atoms with Crippen LogP contribution in [0.15, 0.2) is 42.5 Å². The van der Waals surface area contributed by atoms with E-state index in [0.29, 0.717) is 0 Å². The number of phenolic OH excluding ortho intramolecular Hbond substituents is 1. The summed E-state index contributed by atoms with van der Waals surface area (Å²) in [5.74, 6) is 0.287. The molecule has 1 nitrogen and oxygen atoms in total. The minimum atomic E-state index is 0.287. The number of unbranched alkanes of at least 4 members (excludes halogenated alkanes) is 5. The second-order valence-electron chi connectivity index (χ2n) is 5.87. The van der Waals surface area contributed by atoms with Crippen molar-refractivity contribution >= 4 is 11.6 Å². The van der Waals surface area contributed by atoms with Gasteiger partial charge in [-0.2, -0.15) is 0 Å². The van der Waals surface area contributed by atoms with Gasteiger partial charge in [0.15, 0.2) is 0 Å². The lowest BCUT2D eigenvalue weighted by Gasteiger charge is -2.08. The van der Waals surface area contributed by atoms with Crippen molar-refractivity contribution < 1.29 is 5.11 Å². The third kappa shape index (κ3) is 5.06. The highest BCUT2D eigenvalue weighted by molar-refractivity contribution is 6.31. The smallest absolute Gasteiger partial charge is 0.115 e. The summed E-state index contributed by atoms with van der Waals surface area (Å²) < 4.78 is 0. The molecule has 0 aromatic heterocycles. The molecule has 0 aliphatic rings. The van der Waals surface area contributed by atoms with Crippen LogP contribution in [-0.4, -0.2) is 5.11 Å². The summed E-state index contributed by atoms with van der Waals surface area (Å²) in [5, 5.41) is 10.2. The summed E-state index contributed by atoms with van der Waals surface area (Å²) in [4.78, 5) is 0. The second-order valence-corrected chi connectivity index (χ2v) is 6.28. The monoisotopic (exact) mass is 316 g/mol. The normalized spacial score (nSPS) is 10.8. The third-order valence-corrected chi connectivity index (χ3v) is 4.41. The van der Waals surface area contributed by atoms with E-state index in [-0.39, 0.29) is 5.75 Å². The molecule has 0 radical (unpaired) electrons. The number of hydrogen-bond donors (Lipinski definition) is 1. The molecule has 0 atom stereocenters. The number of hydrogen-bond acceptors (Lipinski definition) is 1. The molecule has 22 heavy (non-hydrogen) atoms. The highest BCUT2D eigenvalue weighted by Crippen LogP contribution is 2.27. The van der Waals surface area contributed by atoms with Gasteiger partial charge >= 0.3 is 0 Å². The van der Waals surface area contributed by atoms with Crippen LogP contribution in [0.2, 0.25) is 5.02 Å². The molecule has 0 amide bonds. The second kappa shape index (κ2) is 8.85. The zero-order chi connectivity index (χ0) is 15.8. The van der Waals surface area contributed by atoms with E-state index in [1.807, 2.05) is 18.2 Å². The van der Waals surface area contributed by atoms with Crippen LogP contribution in [0.25, 0.3) is 11.1 Å². The molecule has 2 aromatic rings. The van der Waals surface area contributed by atoms with Gasteiger partial charge in [0.05, 0.1) is 0 Å². The lowest BCUT2D eigenvalue weighted by Crippen LogP contribution is -1.89. The van der Waals surface area contributed by atoms with Crippen LogP contribution in [0.4, 0.5) is 0 Å². The highest BCUT2D eigenvalue weighted by atomic mass is 35.5. The maximum Gasteiger partial charge on any atom is 0.115 e. The minimum absolute atomic E-state index is 0.287. The first-order valence-corrected chi connectivity index (χ1v) is 8.66. The zero-order valence-corrected chi connectivity index (χ0v) is 14.1. The van der Waals surface area contributed by atoms with Crippen molar-refractivity contribution in [2.45, 2.75) is 51.9 Å². The van der Waals surface area contributed by atoms with E-state index in [9.17, 15) is 5.11 Å². The van der Waals surface area contributed by atoms with E-state index < -0.39 is 0 Å². The summed E-state index contributed by atoms with van der Waals surface area (Å²) >= 11 is 6.42. The number of halogens is 1. The molecule has 118 valence electrons. The van der Waals surface area contributed by atoms with Gasteiger partial charge in [-0.1, -0.05) is 74.9 Å². The molecular weight excluding hydrogens is 292 g/mol. The van der Waals surface area contributed by atoms with Crippen molar-refractivity contribution in [1.82, 2.24) is 0 Å². The maximum absolute atomic E-state index is 9.35. The van der Waals surface area contributed by atoms with Crippen molar-refractivity contribution in [2.75, 3.05) is 0 Å². The van der Waals surface area contributed by atoms with Gasteiger partial charge in [-0.15, -0.1) is 0 Å². The van der Waals surface area contributed by atoms with Crippen molar-refractivity contribution in [3.05, 3.63) is 53.1 Å². The van der Waals surface area contributed by atoms with Crippen molar-refractivity contribution in [3.63, 3.8) is 0 Å². The van der Waals surface area contributed by atoms with Gasteiger partial charge in [-0.05, 0) is 47.7 Å². The van der Waals surface area contributed by atoms with E-state index in [1.54, 1.807) is 12.1 Å². The van der Waals surface area contributed by atoms with Gasteiger partial charge in [0, 0.05) is 5.02 Å². The Morgan fingerprint density at radius 2 is 1.45 bits per heavy atom. The van der Waals surface area contributed by atoms with Crippen LogP contribution in [0.5, 0.6) is 5.75 Å². The van der Waals surface area contributed by atoms with Gasteiger partial charge in [-0.3, -0.25) is 0 Å². The van der Waals surface area contributed by atoms with Crippen LogP contribution in [0, 0.1) is 0 Å². The fraction of sp³-hybridized carbons (Fsp3) is 0.400. The van der Waals surface area contributed by atoms with E-state index in [1.165, 1.54) is 44.1 Å². The standard InChI is InChI=1S/C20H25ClO/c1-2-3-4-5-6-7-8-17-9-10-18(15-20(17)21)16-11-13-19(22)14-12-16/h9-15,22H,2-8H2,1H3. The van der Waals surface area contributed by atoms with Gasteiger partial charge in [-0.25, -0.2) is 0 Å². The molecule has 1 N–H and O–H groups in total. The highest BCUT2D eigenvalue weighted by Gasteiger charge is 2.04. The van der Waals surface area contributed by atoms with Crippen LogP contribution < -0.4 is 0 Å². The summed E-state index contributed by atoms with van der Waals surface area (Å²) in [6.07, 6.45) is 8.88. The van der Waals surface area contributed by atoms with Gasteiger partial charge in [0.2, 0.25) is 0 Å². The molecule has 0 aliphatic heterocycles. The Morgan fingerprint density at radius 1 is 0.818 bits per heavy atom. The third-order valence-electron chi connectivity index (χ3n) is 4.05. The first kappa shape index (κ1) is 16.9. The van der Waals surface area contributed by atoms with E-state index in [0.717, 1.165) is 22.6 Å². The van der Waals surface area contributed by atoms with Gasteiger partial charge in [0.25, 0.3) is 0 Å². The Balaban J connectivity index is 1.91. The Morgan fingerprint density at radius 3 is 2.14 bits per heavy atom. The average molecular weight is 317 g/mol. The van der Waals surface area contributed by atoms with Crippen LogP contribution in [0.1, 0.15) is 51.0 Å². The summed E-state index contributed by atoms with van der Waals surface area (Å²) in [7, 11) is 0. The molecule has 0 aliphatic carbocycles. The molecule has 0 spiro atoms. The number of phenols is 1. The van der Waals surface area contributed by atoms with Crippen molar-refractivity contribution in [3.8, 4) is 16.9 Å². The topological polar surface area (TPSA) is 20.2 Å². The van der Waals surface area contributed by atoms with Crippen LogP contribution >= 0.6 is 11.6 Å². The van der Waals surface area contributed by atoms with Gasteiger partial charge in [0.1, 0.15) is 5.75 Å². The number of aryl methyl sites for hydroxylation is 1. The number of benzene rings is 2. The van der Waals surface area contributed by atoms with Crippen LogP contribution in [-0.2, 0) is 6.42 Å². The first-order chi connectivity index (χ1) is 10.7. The largest absolute Gasteiger partial charge is 0.508 e. The first-order valence-electron chi connectivity index (χ1n) is 8.28. The number of rotatable bonds is 8. The Hall–Kier alpha value is -1.47. The molecule has 0 fully saturated rings. The maximum atomic E-state index is 9.35. The molecule has 2 aromatic carbocycles. The van der Waals surface area contributed by atoms with E-state index in [2.05, 4.69) is 19.1 Å². The molecule has 0 bridgehead atoms. The molecule has 0 heterocycles. The Bertz CT molecular complexity index is 575. The minimum Gasteiger partial charge on any atom is -0.508 e. The summed E-state index contributed by atoms with van der Waals surface area (Å²) in [6, 6.07) is 13.5. The fourth-order valence-electron chi connectivity index (χ4n) is 2.68. The average Bonchev–Trinajstić information content (AvgIpc) is 2.53. The number of aromatic hydroxyl groups is 1. The van der Waals surface area contributed by atoms with Gasteiger partial charge < -0.3 is 5.11 Å². The molecule has 0 saturated heterocycles. The molecule has 2 rings (SSSR count). The SMILES string of the molecule is CCCCCCCCc1ccc(-c2ccc(O)cc2)cc1Cl. The van der Waals surface area contributed by atoms with Crippen molar-refractivity contribution in [1.29, 1.82) is 0 Å². The molecule has 0 unspecified atom stereocenters. The lowest BCUT2D eigenvalue weighted by atomic mass is 10.0. The Labute approximate surface area is 139 Å². The van der Waals surface area contributed by atoms with E-state index >= 15 is 0 Å². The Kier molecular flexibility index (Phi) is 6.79. The molecular formula is C20H25ClO. The summed E-state index contributed by atoms with van der Waals surface area (Å²) in [5.41, 5.74) is 3.40. The quantitative estimate of drug-likeness (QED) is 0.543. The van der Waals surface area contributed by atoms with Crippen molar-refractivity contribution in [2.24, 2.45) is 0 Å². The fourth-order valence-corrected chi connectivity index (χ4v) is 2.95. The van der Waals surface area contributed by atoms with Crippen LogP contribution in [0.3, 0.4) is 0 Å². The predicted molar refractivity (Wildman–Crippen MR) is 95.6 cm³/mol. The zero-order valence-electron chi connectivity index (χ0n) is 13.3. The lowest BCUT2D eigenvalue weighted by molar-refractivity contribution is 0.475. The summed E-state index contributed by atoms with van der Waals surface area (Å²) in [6.45, 7) is 2.25. The predicted octanol–water partition coefficient (Wildman–Crippen LogP) is 6.62. The molecule has 0 saturated carbocycles.